The molecule has 1 fully saturated rings. The first-order chi connectivity index (χ1) is 6.58. The molecule has 1 rings (SSSR count). The zero-order chi connectivity index (χ0) is 12.0. The van der Waals surface area contributed by atoms with E-state index in [4.69, 9.17) is 5.11 Å². The van der Waals surface area contributed by atoms with Crippen molar-refractivity contribution in [3.63, 3.8) is 0 Å². The summed E-state index contributed by atoms with van der Waals surface area (Å²) in [5.74, 6) is -0.221. The third-order valence-corrected chi connectivity index (χ3v) is 3.29. The van der Waals surface area contributed by atoms with Gasteiger partial charge in [-0.1, -0.05) is 20.8 Å². The van der Waals surface area contributed by atoms with Gasteiger partial charge in [0.25, 0.3) is 0 Å². The first-order valence-corrected chi connectivity index (χ1v) is 5.14. The molecule has 1 aliphatic rings. The van der Waals surface area contributed by atoms with Crippen LogP contribution in [-0.2, 0) is 4.79 Å². The first-order valence-electron chi connectivity index (χ1n) is 5.14. The first kappa shape index (κ1) is 12.0. The normalized spacial score (nSPS) is 25.8. The standard InChI is InChI=1S/C11H19NO3/c1-10(2,3)7-6-8(13)12(9(14)15)11(7,4)5/h7H,6H2,1-5H3,(H,14,15). The van der Waals surface area contributed by atoms with Crippen LogP contribution in [0.1, 0.15) is 41.0 Å². The largest absolute Gasteiger partial charge is 0.465 e. The lowest BCUT2D eigenvalue weighted by Gasteiger charge is -2.39. The van der Waals surface area contributed by atoms with Crippen LogP contribution in [0.4, 0.5) is 4.79 Å². The molecule has 0 aromatic carbocycles. The summed E-state index contributed by atoms with van der Waals surface area (Å²) in [6.45, 7) is 9.76. The van der Waals surface area contributed by atoms with Gasteiger partial charge in [0.1, 0.15) is 0 Å². The summed E-state index contributed by atoms with van der Waals surface area (Å²) in [5, 5.41) is 9.01. The van der Waals surface area contributed by atoms with Crippen LogP contribution in [0.15, 0.2) is 0 Å². The van der Waals surface area contributed by atoms with E-state index in [9.17, 15) is 9.59 Å². The molecule has 1 heterocycles. The highest BCUT2D eigenvalue weighted by atomic mass is 16.4. The molecular formula is C11H19NO3. The number of nitrogens with zero attached hydrogens (tertiary/aromatic N) is 1. The van der Waals surface area contributed by atoms with E-state index in [1.165, 1.54) is 0 Å². The third kappa shape index (κ3) is 1.85. The van der Waals surface area contributed by atoms with Crippen molar-refractivity contribution < 1.29 is 14.7 Å². The minimum atomic E-state index is -1.14. The van der Waals surface area contributed by atoms with E-state index in [0.29, 0.717) is 6.42 Å². The smallest absolute Gasteiger partial charge is 0.414 e. The van der Waals surface area contributed by atoms with E-state index in [1.54, 1.807) is 0 Å². The Kier molecular flexibility index (Phi) is 2.58. The van der Waals surface area contributed by atoms with E-state index in [-0.39, 0.29) is 17.2 Å². The Hall–Kier alpha value is -1.06. The SMILES string of the molecule is CC(C)(C)C1CC(=O)N(C(=O)O)C1(C)C. The molecule has 1 saturated heterocycles. The quantitative estimate of drug-likeness (QED) is 0.672. The molecule has 0 aliphatic carbocycles. The second kappa shape index (κ2) is 3.22. The Morgan fingerprint density at radius 1 is 1.47 bits per heavy atom. The molecule has 1 N–H and O–H groups in total. The monoisotopic (exact) mass is 213 g/mol. The Morgan fingerprint density at radius 3 is 2.13 bits per heavy atom. The maximum absolute atomic E-state index is 11.6. The summed E-state index contributed by atoms with van der Waals surface area (Å²) in [7, 11) is 0. The number of amides is 2. The highest BCUT2D eigenvalue weighted by Crippen LogP contribution is 2.45. The maximum Gasteiger partial charge on any atom is 0.414 e. The van der Waals surface area contributed by atoms with E-state index in [1.807, 2.05) is 34.6 Å². The van der Waals surface area contributed by atoms with Crippen molar-refractivity contribution in [1.29, 1.82) is 0 Å². The summed E-state index contributed by atoms with van der Waals surface area (Å²) in [6, 6.07) is 0. The van der Waals surface area contributed by atoms with Gasteiger partial charge in [0.05, 0.1) is 5.54 Å². The average molecular weight is 213 g/mol. The summed E-state index contributed by atoms with van der Waals surface area (Å²) in [4.78, 5) is 23.6. The van der Waals surface area contributed by atoms with E-state index in [2.05, 4.69) is 0 Å². The molecule has 2 amide bonds. The van der Waals surface area contributed by atoms with E-state index in [0.717, 1.165) is 4.90 Å². The summed E-state index contributed by atoms with van der Waals surface area (Å²) in [6.07, 6.45) is -0.820. The number of carbonyl (C=O) groups is 2. The molecule has 15 heavy (non-hydrogen) atoms. The average Bonchev–Trinajstić information content (AvgIpc) is 2.19. The van der Waals surface area contributed by atoms with Gasteiger partial charge in [-0.25, -0.2) is 9.69 Å². The van der Waals surface area contributed by atoms with E-state index >= 15 is 0 Å². The van der Waals surface area contributed by atoms with E-state index < -0.39 is 11.6 Å². The molecule has 0 aromatic heterocycles. The predicted molar refractivity (Wildman–Crippen MR) is 56.5 cm³/mol. The summed E-state index contributed by atoms with van der Waals surface area (Å²) >= 11 is 0. The van der Waals surface area contributed by atoms with Crippen molar-refractivity contribution in [3.8, 4) is 0 Å². The number of carboxylic acid groups (broad SMARTS) is 1. The van der Waals surface area contributed by atoms with Gasteiger partial charge in [-0.15, -0.1) is 0 Å². The number of likely N-dealkylation sites (tertiary alicyclic amines) is 1. The third-order valence-electron chi connectivity index (χ3n) is 3.29. The van der Waals surface area contributed by atoms with Crippen molar-refractivity contribution in [2.75, 3.05) is 0 Å². The molecule has 1 aliphatic heterocycles. The Bertz CT molecular complexity index is 301. The van der Waals surface area contributed by atoms with Gasteiger partial charge in [-0.2, -0.15) is 0 Å². The minimum absolute atomic E-state index is 0.0635. The van der Waals surface area contributed by atoms with Crippen molar-refractivity contribution >= 4 is 12.0 Å². The van der Waals surface area contributed by atoms with Gasteiger partial charge in [-0.3, -0.25) is 4.79 Å². The van der Waals surface area contributed by atoms with Crippen LogP contribution < -0.4 is 0 Å². The fourth-order valence-corrected chi connectivity index (χ4v) is 2.71. The lowest BCUT2D eigenvalue weighted by Crippen LogP contribution is -2.49. The molecule has 4 nitrogen and oxygen atoms in total. The van der Waals surface area contributed by atoms with Gasteiger partial charge in [0.15, 0.2) is 0 Å². The fraction of sp³-hybridized carbons (Fsp3) is 0.818. The lowest BCUT2D eigenvalue weighted by molar-refractivity contribution is -0.128. The van der Waals surface area contributed by atoms with Crippen LogP contribution in [0.25, 0.3) is 0 Å². The van der Waals surface area contributed by atoms with Crippen molar-refractivity contribution in [3.05, 3.63) is 0 Å². The number of rotatable bonds is 0. The number of carbonyl (C=O) groups excluding carboxylic acids is 1. The molecule has 1 atom stereocenters. The fourth-order valence-electron chi connectivity index (χ4n) is 2.71. The summed E-state index contributed by atoms with van der Waals surface area (Å²) < 4.78 is 0. The van der Waals surface area contributed by atoms with Crippen LogP contribution in [0.3, 0.4) is 0 Å². The topological polar surface area (TPSA) is 57.6 Å². The number of hydrogen-bond acceptors (Lipinski definition) is 2. The molecule has 0 bridgehead atoms. The lowest BCUT2D eigenvalue weighted by atomic mass is 9.71. The molecule has 4 heteroatoms. The highest BCUT2D eigenvalue weighted by Gasteiger charge is 2.53. The van der Waals surface area contributed by atoms with Crippen LogP contribution in [-0.4, -0.2) is 27.5 Å². The highest BCUT2D eigenvalue weighted by molar-refractivity contribution is 5.94. The van der Waals surface area contributed by atoms with Crippen molar-refractivity contribution in [2.45, 2.75) is 46.6 Å². The molecule has 86 valence electrons. The van der Waals surface area contributed by atoms with Gasteiger partial charge in [-0.05, 0) is 25.2 Å². The van der Waals surface area contributed by atoms with Gasteiger partial charge in [0.2, 0.25) is 5.91 Å². The van der Waals surface area contributed by atoms with Crippen LogP contribution in [0, 0.1) is 11.3 Å². The number of hydrogen-bond donors (Lipinski definition) is 1. The molecule has 1 unspecified atom stereocenters. The van der Waals surface area contributed by atoms with Crippen molar-refractivity contribution in [1.82, 2.24) is 4.90 Å². The molecule has 0 radical (unpaired) electrons. The van der Waals surface area contributed by atoms with Gasteiger partial charge >= 0.3 is 6.09 Å². The second-order valence-corrected chi connectivity index (χ2v) is 5.79. The molecular weight excluding hydrogens is 194 g/mol. The Balaban J connectivity index is 3.10. The zero-order valence-corrected chi connectivity index (χ0v) is 10.00. The van der Waals surface area contributed by atoms with Crippen LogP contribution in [0.2, 0.25) is 0 Å². The molecule has 0 aromatic rings. The zero-order valence-electron chi connectivity index (χ0n) is 10.00. The second-order valence-electron chi connectivity index (χ2n) is 5.79. The van der Waals surface area contributed by atoms with Crippen LogP contribution >= 0.6 is 0 Å². The van der Waals surface area contributed by atoms with Gasteiger partial charge < -0.3 is 5.11 Å². The Labute approximate surface area is 90.3 Å². The predicted octanol–water partition coefficient (Wildman–Crippen LogP) is 2.34. The summed E-state index contributed by atoms with van der Waals surface area (Å²) in [5.41, 5.74) is -0.676. The maximum atomic E-state index is 11.6. The minimum Gasteiger partial charge on any atom is -0.465 e. The van der Waals surface area contributed by atoms with Crippen molar-refractivity contribution in [2.24, 2.45) is 11.3 Å². The molecule has 0 saturated carbocycles. The Morgan fingerprint density at radius 2 is 1.93 bits per heavy atom. The number of imide groups is 1. The van der Waals surface area contributed by atoms with Crippen LogP contribution in [0.5, 0.6) is 0 Å². The van der Waals surface area contributed by atoms with Gasteiger partial charge in [0, 0.05) is 6.42 Å². The molecule has 0 spiro atoms.